The summed E-state index contributed by atoms with van der Waals surface area (Å²) in [5.41, 5.74) is 7.52. The van der Waals surface area contributed by atoms with E-state index in [1.54, 1.807) is 13.0 Å². The second kappa shape index (κ2) is 7.81. The lowest BCUT2D eigenvalue weighted by Gasteiger charge is -2.31. The largest absolute Gasteiger partial charge is 0.370 e. The van der Waals surface area contributed by atoms with Crippen LogP contribution in [0.15, 0.2) is 23.2 Å². The maximum absolute atomic E-state index is 13.4. The Morgan fingerprint density at radius 2 is 2.25 bits per heavy atom. The number of rotatable bonds is 2. The summed E-state index contributed by atoms with van der Waals surface area (Å²) in [4.78, 5) is 6.50. The van der Waals surface area contributed by atoms with Crippen molar-refractivity contribution in [1.82, 2.24) is 4.90 Å². The van der Waals surface area contributed by atoms with Gasteiger partial charge in [-0.15, -0.1) is 24.0 Å². The van der Waals surface area contributed by atoms with Crippen LogP contribution in [0.25, 0.3) is 0 Å². The van der Waals surface area contributed by atoms with E-state index in [1.165, 1.54) is 12.5 Å². The van der Waals surface area contributed by atoms with Crippen molar-refractivity contribution in [2.75, 3.05) is 13.1 Å². The second-order valence-electron chi connectivity index (χ2n) is 5.45. The SMILES string of the molecule is Cc1ccc(CN=C(N)N2CCCC(C)C2)cc1F.I. The lowest BCUT2D eigenvalue weighted by atomic mass is 10.0. The average Bonchev–Trinajstić information content (AvgIpc) is 2.40. The Balaban J connectivity index is 0.00000200. The molecule has 1 unspecified atom stereocenters. The topological polar surface area (TPSA) is 41.6 Å². The number of hydrogen-bond donors (Lipinski definition) is 1. The first-order valence-corrected chi connectivity index (χ1v) is 6.86. The van der Waals surface area contributed by atoms with Crippen molar-refractivity contribution in [3.63, 3.8) is 0 Å². The van der Waals surface area contributed by atoms with Gasteiger partial charge in [0.05, 0.1) is 6.54 Å². The van der Waals surface area contributed by atoms with Crippen LogP contribution in [0, 0.1) is 18.7 Å². The van der Waals surface area contributed by atoms with Gasteiger partial charge in [-0.05, 0) is 42.9 Å². The van der Waals surface area contributed by atoms with E-state index in [9.17, 15) is 4.39 Å². The molecule has 0 saturated carbocycles. The monoisotopic (exact) mass is 391 g/mol. The lowest BCUT2D eigenvalue weighted by Crippen LogP contribution is -2.43. The molecule has 20 heavy (non-hydrogen) atoms. The number of benzene rings is 1. The van der Waals surface area contributed by atoms with Crippen molar-refractivity contribution in [1.29, 1.82) is 0 Å². The van der Waals surface area contributed by atoms with E-state index in [4.69, 9.17) is 5.73 Å². The molecule has 2 rings (SSSR count). The molecule has 5 heteroatoms. The molecule has 0 spiro atoms. The van der Waals surface area contributed by atoms with Crippen LogP contribution in [0.2, 0.25) is 0 Å². The van der Waals surface area contributed by atoms with E-state index in [2.05, 4.69) is 16.8 Å². The van der Waals surface area contributed by atoms with E-state index in [-0.39, 0.29) is 29.8 Å². The molecule has 1 fully saturated rings. The fraction of sp³-hybridized carbons (Fsp3) is 0.533. The number of aryl methyl sites for hydroxylation is 1. The molecule has 1 aliphatic rings. The molecule has 1 saturated heterocycles. The lowest BCUT2D eigenvalue weighted by molar-refractivity contribution is 0.270. The van der Waals surface area contributed by atoms with Crippen LogP contribution in [0.3, 0.4) is 0 Å². The van der Waals surface area contributed by atoms with Gasteiger partial charge in [0.25, 0.3) is 0 Å². The molecule has 0 bridgehead atoms. The van der Waals surface area contributed by atoms with Crippen molar-refractivity contribution in [3.8, 4) is 0 Å². The highest BCUT2D eigenvalue weighted by Crippen LogP contribution is 2.15. The van der Waals surface area contributed by atoms with Crippen LogP contribution in [0.4, 0.5) is 4.39 Å². The van der Waals surface area contributed by atoms with E-state index in [1.807, 2.05) is 6.07 Å². The molecule has 2 N–H and O–H groups in total. The second-order valence-corrected chi connectivity index (χ2v) is 5.45. The third kappa shape index (κ3) is 4.61. The van der Waals surface area contributed by atoms with Gasteiger partial charge in [0.1, 0.15) is 5.82 Å². The fourth-order valence-corrected chi connectivity index (χ4v) is 2.40. The van der Waals surface area contributed by atoms with E-state index < -0.39 is 0 Å². The number of nitrogens with zero attached hydrogens (tertiary/aromatic N) is 2. The van der Waals surface area contributed by atoms with E-state index in [0.717, 1.165) is 25.1 Å². The first-order chi connectivity index (χ1) is 9.06. The van der Waals surface area contributed by atoms with E-state index >= 15 is 0 Å². The smallest absolute Gasteiger partial charge is 0.191 e. The maximum atomic E-state index is 13.4. The van der Waals surface area contributed by atoms with Crippen LogP contribution >= 0.6 is 24.0 Å². The van der Waals surface area contributed by atoms with Crippen molar-refractivity contribution in [2.45, 2.75) is 33.2 Å². The van der Waals surface area contributed by atoms with Crippen LogP contribution in [-0.4, -0.2) is 23.9 Å². The molecule has 0 aliphatic carbocycles. The molecule has 1 aromatic rings. The van der Waals surface area contributed by atoms with Crippen LogP contribution in [0.5, 0.6) is 0 Å². The average molecular weight is 391 g/mol. The van der Waals surface area contributed by atoms with Gasteiger partial charge in [0.2, 0.25) is 0 Å². The van der Waals surface area contributed by atoms with Crippen molar-refractivity contribution >= 4 is 29.9 Å². The molecule has 0 aromatic heterocycles. The summed E-state index contributed by atoms with van der Waals surface area (Å²) in [6.45, 7) is 6.37. The summed E-state index contributed by atoms with van der Waals surface area (Å²) in [5, 5.41) is 0. The number of piperidine rings is 1. The van der Waals surface area contributed by atoms with Crippen LogP contribution in [0.1, 0.15) is 30.9 Å². The highest BCUT2D eigenvalue weighted by Gasteiger charge is 2.17. The molecule has 1 atom stereocenters. The molecule has 0 radical (unpaired) electrons. The van der Waals surface area contributed by atoms with Gasteiger partial charge in [-0.1, -0.05) is 19.1 Å². The normalized spacial score (nSPS) is 19.6. The highest BCUT2D eigenvalue weighted by atomic mass is 127. The quantitative estimate of drug-likeness (QED) is 0.478. The molecule has 1 aromatic carbocycles. The minimum atomic E-state index is -0.183. The third-order valence-electron chi connectivity index (χ3n) is 3.64. The minimum Gasteiger partial charge on any atom is -0.370 e. The molecular weight excluding hydrogens is 368 g/mol. The molecule has 3 nitrogen and oxygen atoms in total. The minimum absolute atomic E-state index is 0. The predicted molar refractivity (Wildman–Crippen MR) is 91.8 cm³/mol. The Labute approximate surface area is 137 Å². The van der Waals surface area contributed by atoms with Gasteiger partial charge in [0.15, 0.2) is 5.96 Å². The molecule has 112 valence electrons. The number of aliphatic imine (C=N–C) groups is 1. The summed E-state index contributed by atoms with van der Waals surface area (Å²) in [5.74, 6) is 1.06. The van der Waals surface area contributed by atoms with Crippen molar-refractivity contribution in [3.05, 3.63) is 35.1 Å². The van der Waals surface area contributed by atoms with Gasteiger partial charge in [0, 0.05) is 13.1 Å². The summed E-state index contributed by atoms with van der Waals surface area (Å²) in [7, 11) is 0. The Morgan fingerprint density at radius 3 is 2.90 bits per heavy atom. The Kier molecular flexibility index (Phi) is 6.71. The summed E-state index contributed by atoms with van der Waals surface area (Å²) in [6, 6.07) is 5.21. The Bertz CT molecular complexity index is 476. The summed E-state index contributed by atoms with van der Waals surface area (Å²) < 4.78 is 13.4. The van der Waals surface area contributed by atoms with Crippen molar-refractivity contribution < 1.29 is 4.39 Å². The molecule has 1 aliphatic heterocycles. The van der Waals surface area contributed by atoms with Crippen LogP contribution < -0.4 is 5.73 Å². The summed E-state index contributed by atoms with van der Waals surface area (Å²) in [6.07, 6.45) is 2.42. The number of hydrogen-bond acceptors (Lipinski definition) is 1. The molecular formula is C15H23FIN3. The zero-order chi connectivity index (χ0) is 13.8. The van der Waals surface area contributed by atoms with Gasteiger partial charge in [-0.25, -0.2) is 9.38 Å². The molecule has 1 heterocycles. The van der Waals surface area contributed by atoms with E-state index in [0.29, 0.717) is 24.0 Å². The van der Waals surface area contributed by atoms with Gasteiger partial charge < -0.3 is 10.6 Å². The summed E-state index contributed by atoms with van der Waals surface area (Å²) >= 11 is 0. The number of guanidine groups is 1. The zero-order valence-electron chi connectivity index (χ0n) is 12.1. The first-order valence-electron chi connectivity index (χ1n) is 6.86. The van der Waals surface area contributed by atoms with Crippen molar-refractivity contribution in [2.24, 2.45) is 16.6 Å². The third-order valence-corrected chi connectivity index (χ3v) is 3.64. The van der Waals surface area contributed by atoms with Gasteiger partial charge >= 0.3 is 0 Å². The predicted octanol–water partition coefficient (Wildman–Crippen LogP) is 3.30. The maximum Gasteiger partial charge on any atom is 0.191 e. The van der Waals surface area contributed by atoms with Gasteiger partial charge in [-0.2, -0.15) is 0 Å². The highest BCUT2D eigenvalue weighted by molar-refractivity contribution is 14.0. The first kappa shape index (κ1) is 17.2. The fourth-order valence-electron chi connectivity index (χ4n) is 2.40. The number of halogens is 2. The Morgan fingerprint density at radius 1 is 1.50 bits per heavy atom. The number of likely N-dealkylation sites (tertiary alicyclic amines) is 1. The zero-order valence-corrected chi connectivity index (χ0v) is 14.4. The Hall–Kier alpha value is -0.850. The number of nitrogens with two attached hydrogens (primary N) is 1. The standard InChI is InChI=1S/C15H22FN3.HI/c1-11-4-3-7-19(10-11)15(17)18-9-13-6-5-12(2)14(16)8-13;/h5-6,8,11H,3-4,7,9-10H2,1-2H3,(H2,17,18);1H. The molecule has 0 amide bonds. The van der Waals surface area contributed by atoms with Crippen LogP contribution in [-0.2, 0) is 6.54 Å². The van der Waals surface area contributed by atoms with Gasteiger partial charge in [-0.3, -0.25) is 0 Å².